The monoisotopic (exact) mass is 297 g/mol. The lowest BCUT2D eigenvalue weighted by atomic mass is 10.2. The Kier molecular flexibility index (Phi) is 6.36. The lowest BCUT2D eigenvalue weighted by Crippen LogP contribution is -2.18. The largest absolute Gasteiger partial charge is 0.392 e. The van der Waals surface area contributed by atoms with Crippen LogP contribution in [-0.4, -0.2) is 24.2 Å². The van der Waals surface area contributed by atoms with Crippen molar-refractivity contribution in [1.29, 1.82) is 0 Å². The zero-order valence-corrected chi connectivity index (χ0v) is 12.2. The molecule has 0 spiro atoms. The first-order valence-corrected chi connectivity index (χ1v) is 7.07. The summed E-state index contributed by atoms with van der Waals surface area (Å²) < 4.78 is 5.30. The number of carbonyl (C=O) groups excluding carboxylic acids is 1. The van der Waals surface area contributed by atoms with Gasteiger partial charge in [-0.15, -0.1) is 0 Å². The van der Waals surface area contributed by atoms with E-state index in [0.717, 1.165) is 11.1 Å². The Morgan fingerprint density at radius 2 is 1.95 bits per heavy atom. The number of benzene rings is 2. The average molecular weight is 297 g/mol. The number of anilines is 1. The van der Waals surface area contributed by atoms with Gasteiger partial charge in [0.25, 0.3) is 0 Å². The van der Waals surface area contributed by atoms with Crippen LogP contribution < -0.4 is 5.32 Å². The quantitative estimate of drug-likeness (QED) is 0.773. The lowest BCUT2D eigenvalue weighted by molar-refractivity contribution is -0.120. The van der Waals surface area contributed by atoms with Crippen molar-refractivity contribution in [2.45, 2.75) is 6.61 Å². The molecule has 2 rings (SSSR count). The van der Waals surface area contributed by atoms with Crippen LogP contribution in [-0.2, 0) is 16.1 Å². The van der Waals surface area contributed by atoms with Gasteiger partial charge in [0.15, 0.2) is 0 Å². The van der Waals surface area contributed by atoms with Crippen LogP contribution in [0.3, 0.4) is 0 Å². The van der Waals surface area contributed by atoms with Gasteiger partial charge in [-0.25, -0.2) is 0 Å². The first-order chi connectivity index (χ1) is 10.8. The maximum Gasteiger partial charge on any atom is 0.250 e. The number of amides is 1. The van der Waals surface area contributed by atoms with Gasteiger partial charge in [0.1, 0.15) is 6.61 Å². The fourth-order valence-corrected chi connectivity index (χ4v) is 1.91. The second-order valence-corrected chi connectivity index (χ2v) is 4.73. The molecule has 0 saturated heterocycles. The van der Waals surface area contributed by atoms with Gasteiger partial charge in [0.2, 0.25) is 5.91 Å². The molecule has 0 heterocycles. The van der Waals surface area contributed by atoms with E-state index >= 15 is 0 Å². The molecule has 22 heavy (non-hydrogen) atoms. The van der Waals surface area contributed by atoms with Crippen LogP contribution in [0.2, 0.25) is 0 Å². The molecule has 0 radical (unpaired) electrons. The highest BCUT2D eigenvalue weighted by Gasteiger charge is 2.02. The predicted molar refractivity (Wildman–Crippen MR) is 87.3 cm³/mol. The number of rotatable bonds is 7. The second-order valence-electron chi connectivity index (χ2n) is 4.73. The Balaban J connectivity index is 1.70. The standard InChI is InChI=1S/C18H19NO3/c20-13-16-8-4-10-17(12-16)19-18(21)14-22-11-5-9-15-6-2-1-3-7-15/h1-10,12,20H,11,13-14H2,(H,19,21)/b9-5+. The Bertz CT molecular complexity index is 623. The van der Waals surface area contributed by atoms with Crippen molar-refractivity contribution < 1.29 is 14.6 Å². The zero-order valence-electron chi connectivity index (χ0n) is 12.2. The maximum absolute atomic E-state index is 11.7. The predicted octanol–water partition coefficient (Wildman–Crippen LogP) is 2.85. The van der Waals surface area contributed by atoms with Crippen LogP contribution in [0.1, 0.15) is 11.1 Å². The molecule has 0 aliphatic rings. The minimum atomic E-state index is -0.219. The van der Waals surface area contributed by atoms with Crippen LogP contribution in [0.15, 0.2) is 60.7 Å². The van der Waals surface area contributed by atoms with Gasteiger partial charge >= 0.3 is 0 Å². The van der Waals surface area contributed by atoms with Gasteiger partial charge in [0.05, 0.1) is 13.2 Å². The minimum absolute atomic E-state index is 0.0114. The topological polar surface area (TPSA) is 58.6 Å². The van der Waals surface area contributed by atoms with Crippen LogP contribution in [0.25, 0.3) is 6.08 Å². The van der Waals surface area contributed by atoms with Crippen LogP contribution in [0.5, 0.6) is 0 Å². The van der Waals surface area contributed by atoms with Gasteiger partial charge in [-0.1, -0.05) is 54.6 Å². The molecule has 0 unspecified atom stereocenters. The fraction of sp³-hybridized carbons (Fsp3) is 0.167. The highest BCUT2D eigenvalue weighted by molar-refractivity contribution is 5.91. The summed E-state index contributed by atoms with van der Waals surface area (Å²) in [5.41, 5.74) is 2.50. The molecule has 2 aromatic carbocycles. The third kappa shape index (κ3) is 5.52. The normalized spacial score (nSPS) is 10.8. The van der Waals surface area contributed by atoms with Crippen molar-refractivity contribution in [3.05, 3.63) is 71.8 Å². The highest BCUT2D eigenvalue weighted by Crippen LogP contribution is 2.10. The summed E-state index contributed by atoms with van der Waals surface area (Å²) in [4.78, 5) is 11.7. The molecule has 2 aromatic rings. The number of carbonyl (C=O) groups is 1. The Labute approximate surface area is 130 Å². The number of ether oxygens (including phenoxy) is 1. The molecule has 0 aromatic heterocycles. The van der Waals surface area contributed by atoms with Crippen molar-refractivity contribution in [3.8, 4) is 0 Å². The summed E-state index contributed by atoms with van der Waals surface area (Å²) in [5, 5.41) is 11.8. The number of aliphatic hydroxyl groups is 1. The van der Waals surface area contributed by atoms with Gasteiger partial charge < -0.3 is 15.2 Å². The van der Waals surface area contributed by atoms with Crippen molar-refractivity contribution in [3.63, 3.8) is 0 Å². The third-order valence-corrected chi connectivity index (χ3v) is 2.95. The molecular weight excluding hydrogens is 278 g/mol. The smallest absolute Gasteiger partial charge is 0.250 e. The Morgan fingerprint density at radius 3 is 2.73 bits per heavy atom. The molecule has 114 valence electrons. The van der Waals surface area contributed by atoms with Gasteiger partial charge in [0, 0.05) is 5.69 Å². The third-order valence-electron chi connectivity index (χ3n) is 2.95. The average Bonchev–Trinajstić information content (AvgIpc) is 2.55. The Hall–Kier alpha value is -2.43. The zero-order chi connectivity index (χ0) is 15.6. The first kappa shape index (κ1) is 15.9. The summed E-state index contributed by atoms with van der Waals surface area (Å²) >= 11 is 0. The van der Waals surface area contributed by atoms with Crippen molar-refractivity contribution in [1.82, 2.24) is 0 Å². The molecule has 0 saturated carbocycles. The van der Waals surface area contributed by atoms with Crippen LogP contribution >= 0.6 is 0 Å². The number of aliphatic hydroxyl groups excluding tert-OH is 1. The van der Waals surface area contributed by atoms with E-state index in [1.54, 1.807) is 24.3 Å². The summed E-state index contributed by atoms with van der Waals surface area (Å²) in [5.74, 6) is -0.219. The van der Waals surface area contributed by atoms with E-state index in [9.17, 15) is 4.79 Å². The van der Waals surface area contributed by atoms with E-state index in [1.807, 2.05) is 42.5 Å². The summed E-state index contributed by atoms with van der Waals surface area (Å²) in [7, 11) is 0. The summed E-state index contributed by atoms with van der Waals surface area (Å²) in [6.45, 7) is 0.311. The van der Waals surface area contributed by atoms with Crippen LogP contribution in [0, 0.1) is 0 Å². The van der Waals surface area contributed by atoms with E-state index in [1.165, 1.54) is 0 Å². The van der Waals surface area contributed by atoms with E-state index in [0.29, 0.717) is 12.3 Å². The molecule has 1 amide bonds. The Morgan fingerprint density at radius 1 is 1.14 bits per heavy atom. The lowest BCUT2D eigenvalue weighted by Gasteiger charge is -2.06. The van der Waals surface area contributed by atoms with Gasteiger partial charge in [-0.2, -0.15) is 0 Å². The van der Waals surface area contributed by atoms with Crippen molar-refractivity contribution >= 4 is 17.7 Å². The molecule has 0 aliphatic heterocycles. The fourth-order valence-electron chi connectivity index (χ4n) is 1.91. The maximum atomic E-state index is 11.7. The molecule has 0 fully saturated rings. The highest BCUT2D eigenvalue weighted by atomic mass is 16.5. The number of hydrogen-bond donors (Lipinski definition) is 2. The number of hydrogen-bond acceptors (Lipinski definition) is 3. The minimum Gasteiger partial charge on any atom is -0.392 e. The SMILES string of the molecule is O=C(COC/C=C/c1ccccc1)Nc1cccc(CO)c1. The molecule has 4 nitrogen and oxygen atoms in total. The summed E-state index contributed by atoms with van der Waals surface area (Å²) in [6, 6.07) is 17.0. The molecule has 0 atom stereocenters. The molecule has 2 N–H and O–H groups in total. The van der Waals surface area contributed by atoms with Gasteiger partial charge in [-0.05, 0) is 23.3 Å². The molecule has 0 bridgehead atoms. The first-order valence-electron chi connectivity index (χ1n) is 7.07. The summed E-state index contributed by atoms with van der Waals surface area (Å²) in [6.07, 6.45) is 3.82. The number of nitrogens with one attached hydrogen (secondary N) is 1. The van der Waals surface area contributed by atoms with Gasteiger partial charge in [-0.3, -0.25) is 4.79 Å². The molecule has 4 heteroatoms. The molecule has 0 aliphatic carbocycles. The van der Waals surface area contributed by atoms with E-state index in [2.05, 4.69) is 5.32 Å². The van der Waals surface area contributed by atoms with Crippen molar-refractivity contribution in [2.75, 3.05) is 18.5 Å². The van der Waals surface area contributed by atoms with Crippen molar-refractivity contribution in [2.24, 2.45) is 0 Å². The van der Waals surface area contributed by atoms with Crippen LogP contribution in [0.4, 0.5) is 5.69 Å². The van der Waals surface area contributed by atoms with E-state index in [-0.39, 0.29) is 19.1 Å². The van der Waals surface area contributed by atoms with E-state index in [4.69, 9.17) is 9.84 Å². The van der Waals surface area contributed by atoms with E-state index < -0.39 is 0 Å². The second kappa shape index (κ2) is 8.77. The molecular formula is C18H19NO3.